The largest absolute Gasteiger partial charge is 0.481 e. The Labute approximate surface area is 92.8 Å². The first kappa shape index (κ1) is 14.2. The zero-order valence-corrected chi connectivity index (χ0v) is 9.02. The molecule has 0 amide bonds. The number of ether oxygens (including phenoxy) is 2. The van der Waals surface area contributed by atoms with Crippen molar-refractivity contribution >= 4 is 17.9 Å². The predicted molar refractivity (Wildman–Crippen MR) is 53.6 cm³/mol. The molecule has 0 aromatic rings. The smallest absolute Gasteiger partial charge is 0.333 e. The van der Waals surface area contributed by atoms with E-state index in [0.29, 0.717) is 12.0 Å². The average Bonchev–Trinajstić information content (AvgIpc) is 2.15. The quantitative estimate of drug-likeness (QED) is 0.296. The van der Waals surface area contributed by atoms with E-state index in [1.54, 1.807) is 0 Å². The molecule has 0 saturated carbocycles. The summed E-state index contributed by atoms with van der Waals surface area (Å²) in [6.07, 6.45) is -0.337. The van der Waals surface area contributed by atoms with E-state index in [1.165, 1.54) is 6.92 Å². The van der Waals surface area contributed by atoms with Gasteiger partial charge in [-0.15, -0.1) is 0 Å². The van der Waals surface area contributed by atoms with Crippen LogP contribution >= 0.6 is 0 Å². The van der Waals surface area contributed by atoms with Crippen LogP contribution in [0.1, 0.15) is 19.8 Å². The summed E-state index contributed by atoms with van der Waals surface area (Å²) in [6, 6.07) is 0. The van der Waals surface area contributed by atoms with Gasteiger partial charge in [0.15, 0.2) is 0 Å². The number of carbonyl (C=O) groups is 3. The summed E-state index contributed by atoms with van der Waals surface area (Å²) >= 11 is 0. The van der Waals surface area contributed by atoms with Gasteiger partial charge in [-0.3, -0.25) is 9.59 Å². The van der Waals surface area contributed by atoms with E-state index in [4.69, 9.17) is 9.84 Å². The van der Waals surface area contributed by atoms with E-state index < -0.39 is 24.3 Å². The molecule has 16 heavy (non-hydrogen) atoms. The van der Waals surface area contributed by atoms with Crippen molar-refractivity contribution < 1.29 is 29.0 Å². The molecule has 0 spiro atoms. The van der Waals surface area contributed by atoms with Crippen LogP contribution in [0.3, 0.4) is 0 Å². The summed E-state index contributed by atoms with van der Waals surface area (Å²) in [4.78, 5) is 31.7. The van der Waals surface area contributed by atoms with Gasteiger partial charge in [0.05, 0.1) is 13.2 Å². The third-order valence-electron chi connectivity index (χ3n) is 1.43. The van der Waals surface area contributed by atoms with Crippen LogP contribution in [-0.4, -0.2) is 36.2 Å². The van der Waals surface area contributed by atoms with Crippen LogP contribution in [0, 0.1) is 0 Å². The van der Waals surface area contributed by atoms with Gasteiger partial charge in [0.2, 0.25) is 0 Å². The summed E-state index contributed by atoms with van der Waals surface area (Å²) in [5.41, 5.74) is 0.294. The number of hydrogen-bond acceptors (Lipinski definition) is 5. The number of carbonyl (C=O) groups excluding carboxylic acids is 2. The second-order valence-corrected chi connectivity index (χ2v) is 3.06. The van der Waals surface area contributed by atoms with E-state index in [-0.39, 0.29) is 13.2 Å². The van der Waals surface area contributed by atoms with Crippen LogP contribution in [0.5, 0.6) is 0 Å². The van der Waals surface area contributed by atoms with Crippen LogP contribution in [0.2, 0.25) is 0 Å². The molecule has 0 unspecified atom stereocenters. The topological polar surface area (TPSA) is 89.9 Å². The van der Waals surface area contributed by atoms with E-state index >= 15 is 0 Å². The van der Waals surface area contributed by atoms with Crippen LogP contribution in [-0.2, 0) is 23.9 Å². The van der Waals surface area contributed by atoms with Crippen molar-refractivity contribution in [3.8, 4) is 0 Å². The molecular weight excluding hydrogens is 216 g/mol. The SMILES string of the molecule is C=C(C)C(=O)OCCCOC(=O)CC(=O)O. The van der Waals surface area contributed by atoms with Gasteiger partial charge in [-0.25, -0.2) is 4.79 Å². The molecule has 0 aliphatic heterocycles. The number of carboxylic acids is 1. The Morgan fingerprint density at radius 2 is 1.75 bits per heavy atom. The lowest BCUT2D eigenvalue weighted by molar-refractivity contribution is -0.151. The van der Waals surface area contributed by atoms with E-state index in [1.807, 2.05) is 0 Å². The number of esters is 2. The normalized spacial score (nSPS) is 9.31. The van der Waals surface area contributed by atoms with Crippen molar-refractivity contribution in [1.82, 2.24) is 0 Å². The highest BCUT2D eigenvalue weighted by atomic mass is 16.5. The van der Waals surface area contributed by atoms with E-state index in [0.717, 1.165) is 0 Å². The fourth-order valence-corrected chi connectivity index (χ4v) is 0.708. The van der Waals surface area contributed by atoms with Gasteiger partial charge in [0.25, 0.3) is 0 Å². The van der Waals surface area contributed by atoms with Gasteiger partial charge < -0.3 is 14.6 Å². The molecule has 0 fully saturated rings. The second-order valence-electron chi connectivity index (χ2n) is 3.06. The van der Waals surface area contributed by atoms with Crippen molar-refractivity contribution in [2.45, 2.75) is 19.8 Å². The first-order valence-electron chi connectivity index (χ1n) is 4.63. The highest BCUT2D eigenvalue weighted by Crippen LogP contribution is 1.94. The Morgan fingerprint density at radius 3 is 2.25 bits per heavy atom. The zero-order chi connectivity index (χ0) is 12.6. The molecule has 0 aliphatic rings. The molecule has 1 N–H and O–H groups in total. The maximum absolute atomic E-state index is 10.9. The van der Waals surface area contributed by atoms with Crippen molar-refractivity contribution in [2.24, 2.45) is 0 Å². The van der Waals surface area contributed by atoms with Gasteiger partial charge in [-0.2, -0.15) is 0 Å². The lowest BCUT2D eigenvalue weighted by Gasteiger charge is -2.04. The Morgan fingerprint density at radius 1 is 1.19 bits per heavy atom. The lowest BCUT2D eigenvalue weighted by Crippen LogP contribution is -2.13. The van der Waals surface area contributed by atoms with Crippen LogP contribution in [0.25, 0.3) is 0 Å². The van der Waals surface area contributed by atoms with Crippen molar-refractivity contribution in [3.63, 3.8) is 0 Å². The monoisotopic (exact) mass is 230 g/mol. The summed E-state index contributed by atoms with van der Waals surface area (Å²) in [5.74, 6) is -2.55. The molecule has 0 aromatic carbocycles. The lowest BCUT2D eigenvalue weighted by atomic mass is 10.4. The maximum Gasteiger partial charge on any atom is 0.333 e. The standard InChI is InChI=1S/C10H14O6/c1-7(2)10(14)16-5-3-4-15-9(13)6-8(11)12/h1,3-6H2,2H3,(H,11,12). The van der Waals surface area contributed by atoms with Crippen LogP contribution < -0.4 is 0 Å². The minimum atomic E-state index is -1.24. The number of rotatable bonds is 7. The van der Waals surface area contributed by atoms with E-state index in [2.05, 4.69) is 11.3 Å². The first-order chi connectivity index (χ1) is 7.43. The van der Waals surface area contributed by atoms with Crippen LogP contribution in [0.15, 0.2) is 12.2 Å². The Bertz CT molecular complexity index is 294. The van der Waals surface area contributed by atoms with E-state index in [9.17, 15) is 14.4 Å². The molecule has 6 nitrogen and oxygen atoms in total. The number of aliphatic carboxylic acids is 1. The van der Waals surface area contributed by atoms with Gasteiger partial charge in [0, 0.05) is 12.0 Å². The van der Waals surface area contributed by atoms with Crippen molar-refractivity contribution in [2.75, 3.05) is 13.2 Å². The summed E-state index contributed by atoms with van der Waals surface area (Å²) in [7, 11) is 0. The molecule has 0 atom stereocenters. The Balaban J connectivity index is 3.47. The second kappa shape index (κ2) is 7.44. The predicted octanol–water partition coefficient (Wildman–Crippen LogP) is 0.514. The number of carboxylic acid groups (broad SMARTS) is 1. The average molecular weight is 230 g/mol. The first-order valence-corrected chi connectivity index (χ1v) is 4.63. The molecule has 0 radical (unpaired) electrons. The minimum Gasteiger partial charge on any atom is -0.481 e. The molecule has 0 aliphatic carbocycles. The van der Waals surface area contributed by atoms with Gasteiger partial charge >= 0.3 is 17.9 Å². The molecule has 90 valence electrons. The molecule has 0 heterocycles. The highest BCUT2D eigenvalue weighted by Gasteiger charge is 2.08. The molecule has 0 saturated heterocycles. The number of hydrogen-bond donors (Lipinski definition) is 1. The Kier molecular flexibility index (Phi) is 6.58. The Hall–Kier alpha value is -1.85. The fraction of sp³-hybridized carbons (Fsp3) is 0.500. The van der Waals surface area contributed by atoms with Crippen LogP contribution in [0.4, 0.5) is 0 Å². The summed E-state index contributed by atoms with van der Waals surface area (Å²) in [6.45, 7) is 5.04. The molecular formula is C10H14O6. The summed E-state index contributed by atoms with van der Waals surface area (Å²) in [5, 5.41) is 8.24. The molecule has 0 aromatic heterocycles. The third kappa shape index (κ3) is 7.54. The maximum atomic E-state index is 10.9. The summed E-state index contributed by atoms with van der Waals surface area (Å²) < 4.78 is 9.28. The molecule has 0 bridgehead atoms. The minimum absolute atomic E-state index is 0.0234. The molecule has 6 heteroatoms. The van der Waals surface area contributed by atoms with Gasteiger partial charge in [-0.05, 0) is 6.92 Å². The molecule has 0 rings (SSSR count). The van der Waals surface area contributed by atoms with Crippen molar-refractivity contribution in [3.05, 3.63) is 12.2 Å². The van der Waals surface area contributed by atoms with Crippen molar-refractivity contribution in [1.29, 1.82) is 0 Å². The fourth-order valence-electron chi connectivity index (χ4n) is 0.708. The zero-order valence-electron chi connectivity index (χ0n) is 9.02. The third-order valence-corrected chi connectivity index (χ3v) is 1.43. The van der Waals surface area contributed by atoms with Gasteiger partial charge in [-0.1, -0.05) is 6.58 Å². The van der Waals surface area contributed by atoms with Gasteiger partial charge in [0.1, 0.15) is 6.42 Å². The highest BCUT2D eigenvalue weighted by molar-refractivity contribution is 5.90.